The Hall–Kier alpha value is -3.47. The van der Waals surface area contributed by atoms with Crippen LogP contribution >= 0.6 is 0 Å². The van der Waals surface area contributed by atoms with E-state index in [1.807, 2.05) is 6.07 Å². The number of nitrogens with zero attached hydrogens (tertiary/aromatic N) is 2. The molecule has 1 amide bonds. The average molecular weight is 356 g/mol. The number of nitriles is 1. The van der Waals surface area contributed by atoms with Crippen LogP contribution in [0.15, 0.2) is 24.4 Å². The molecule has 1 aromatic heterocycles. The highest BCUT2D eigenvalue weighted by Crippen LogP contribution is 2.31. The molecule has 3 N–H and O–H groups in total. The Labute approximate surface area is 151 Å². The minimum Gasteiger partial charge on any atom is -0.497 e. The van der Waals surface area contributed by atoms with E-state index >= 15 is 0 Å². The van der Waals surface area contributed by atoms with Crippen LogP contribution in [0.5, 0.6) is 5.75 Å². The predicted octanol–water partition coefficient (Wildman–Crippen LogP) is 2.32. The highest BCUT2D eigenvalue weighted by Gasteiger charge is 2.24. The number of hydrogen-bond donors (Lipinski definition) is 2. The third-order valence-corrected chi connectivity index (χ3v) is 3.79. The van der Waals surface area contributed by atoms with Crippen molar-refractivity contribution in [3.05, 3.63) is 35.7 Å². The van der Waals surface area contributed by atoms with Crippen LogP contribution < -0.4 is 15.8 Å². The molecule has 0 saturated heterocycles. The molecule has 0 aliphatic carbocycles. The molecule has 0 unspecified atom stereocenters. The second-order valence-electron chi connectivity index (χ2n) is 5.81. The summed E-state index contributed by atoms with van der Waals surface area (Å²) in [6.07, 6.45) is 1.42. The Morgan fingerprint density at radius 3 is 2.54 bits per heavy atom. The number of hydrogen-bond acceptors (Lipinski definition) is 6. The molecule has 0 aliphatic heterocycles. The third kappa shape index (κ3) is 3.47. The Bertz CT molecular complexity index is 893. The smallest absolute Gasteiger partial charge is 0.357 e. The first kappa shape index (κ1) is 18.9. The standard InChI is InChI=1S/C18H20N4O4/c1-10(2)17(23)21-13-6-5-12(25-3)7-14(13)22-9-11(8-19)15(20)16(22)18(24)26-4/h5-7,9-10H,20H2,1-4H3,(H,21,23). The fraction of sp³-hybridized carbons (Fsp3) is 0.278. The van der Waals surface area contributed by atoms with E-state index in [2.05, 4.69) is 5.32 Å². The van der Waals surface area contributed by atoms with Gasteiger partial charge in [-0.05, 0) is 12.1 Å². The molecule has 8 heteroatoms. The van der Waals surface area contributed by atoms with E-state index in [0.717, 1.165) is 0 Å². The Morgan fingerprint density at radius 1 is 1.31 bits per heavy atom. The number of benzene rings is 1. The lowest BCUT2D eigenvalue weighted by Crippen LogP contribution is -2.19. The van der Waals surface area contributed by atoms with E-state index in [-0.39, 0.29) is 28.8 Å². The number of nitrogens with two attached hydrogens (primary N) is 1. The van der Waals surface area contributed by atoms with Gasteiger partial charge in [-0.1, -0.05) is 13.8 Å². The molecular formula is C18H20N4O4. The van der Waals surface area contributed by atoms with Crippen molar-refractivity contribution >= 4 is 23.3 Å². The SMILES string of the molecule is COC(=O)c1c(N)c(C#N)cn1-c1cc(OC)ccc1NC(=O)C(C)C. The van der Waals surface area contributed by atoms with Crippen LogP contribution in [0.2, 0.25) is 0 Å². The van der Waals surface area contributed by atoms with Gasteiger partial charge >= 0.3 is 5.97 Å². The van der Waals surface area contributed by atoms with Crippen LogP contribution in [0.25, 0.3) is 5.69 Å². The molecule has 0 spiro atoms. The lowest BCUT2D eigenvalue weighted by molar-refractivity contribution is -0.118. The van der Waals surface area contributed by atoms with E-state index in [0.29, 0.717) is 17.1 Å². The minimum atomic E-state index is -0.701. The van der Waals surface area contributed by atoms with Gasteiger partial charge in [-0.2, -0.15) is 5.26 Å². The fourth-order valence-electron chi connectivity index (χ4n) is 2.33. The molecule has 2 rings (SSSR count). The average Bonchev–Trinajstić information content (AvgIpc) is 2.97. The highest BCUT2D eigenvalue weighted by atomic mass is 16.5. The first-order valence-electron chi connectivity index (χ1n) is 7.82. The fourth-order valence-corrected chi connectivity index (χ4v) is 2.33. The van der Waals surface area contributed by atoms with Crippen LogP contribution in [0.3, 0.4) is 0 Å². The van der Waals surface area contributed by atoms with E-state index in [1.165, 1.54) is 25.0 Å². The van der Waals surface area contributed by atoms with Crippen molar-refractivity contribution in [1.29, 1.82) is 5.26 Å². The van der Waals surface area contributed by atoms with Crippen molar-refractivity contribution in [2.75, 3.05) is 25.3 Å². The lowest BCUT2D eigenvalue weighted by Gasteiger charge is -2.16. The monoisotopic (exact) mass is 356 g/mol. The second kappa shape index (κ2) is 7.61. The third-order valence-electron chi connectivity index (χ3n) is 3.79. The normalized spacial score (nSPS) is 10.3. The second-order valence-corrected chi connectivity index (χ2v) is 5.81. The summed E-state index contributed by atoms with van der Waals surface area (Å²) in [5, 5.41) is 12.1. The molecule has 2 aromatic rings. The molecule has 136 valence electrons. The molecule has 0 bridgehead atoms. The first-order valence-corrected chi connectivity index (χ1v) is 7.82. The van der Waals surface area contributed by atoms with Gasteiger partial charge in [0, 0.05) is 18.2 Å². The number of rotatable bonds is 5. The zero-order valence-corrected chi connectivity index (χ0v) is 15.0. The Morgan fingerprint density at radius 2 is 2.00 bits per heavy atom. The van der Waals surface area contributed by atoms with Crippen LogP contribution in [0.1, 0.15) is 29.9 Å². The van der Waals surface area contributed by atoms with Crippen molar-refractivity contribution in [3.63, 3.8) is 0 Å². The molecule has 26 heavy (non-hydrogen) atoms. The summed E-state index contributed by atoms with van der Waals surface area (Å²) in [6, 6.07) is 6.89. The zero-order valence-electron chi connectivity index (χ0n) is 15.0. The number of aromatic nitrogens is 1. The van der Waals surface area contributed by atoms with Crippen molar-refractivity contribution in [2.45, 2.75) is 13.8 Å². The molecule has 0 aliphatic rings. The maximum atomic E-state index is 12.2. The van der Waals surface area contributed by atoms with Crippen LogP contribution in [0, 0.1) is 17.2 Å². The number of nitrogens with one attached hydrogen (secondary N) is 1. The summed E-state index contributed by atoms with van der Waals surface area (Å²) in [5.74, 6) is -0.636. The number of ether oxygens (including phenoxy) is 2. The summed E-state index contributed by atoms with van der Waals surface area (Å²) in [5.41, 5.74) is 6.92. The van der Waals surface area contributed by atoms with Gasteiger partial charge in [0.15, 0.2) is 5.69 Å². The van der Waals surface area contributed by atoms with Gasteiger partial charge in [0.05, 0.1) is 36.8 Å². The largest absolute Gasteiger partial charge is 0.497 e. The van der Waals surface area contributed by atoms with Gasteiger partial charge < -0.3 is 25.1 Å². The summed E-state index contributed by atoms with van der Waals surface area (Å²) in [6.45, 7) is 3.53. The molecule has 1 aromatic carbocycles. The molecular weight excluding hydrogens is 336 g/mol. The molecule has 0 saturated carbocycles. The maximum Gasteiger partial charge on any atom is 0.357 e. The Balaban J connectivity index is 2.72. The van der Waals surface area contributed by atoms with Crippen LogP contribution in [-0.4, -0.2) is 30.7 Å². The molecule has 0 radical (unpaired) electrons. The van der Waals surface area contributed by atoms with E-state index in [4.69, 9.17) is 15.2 Å². The van der Waals surface area contributed by atoms with E-state index in [1.54, 1.807) is 32.0 Å². The summed E-state index contributed by atoms with van der Waals surface area (Å²) in [7, 11) is 2.72. The van der Waals surface area contributed by atoms with Crippen LogP contribution in [-0.2, 0) is 9.53 Å². The molecule has 0 fully saturated rings. The number of carbonyl (C=O) groups excluding carboxylic acids is 2. The molecule has 8 nitrogen and oxygen atoms in total. The van der Waals surface area contributed by atoms with Crippen LogP contribution in [0.4, 0.5) is 11.4 Å². The number of methoxy groups -OCH3 is 2. The maximum absolute atomic E-state index is 12.2. The summed E-state index contributed by atoms with van der Waals surface area (Å²) < 4.78 is 11.4. The van der Waals surface area contributed by atoms with Gasteiger partial charge in [0.2, 0.25) is 5.91 Å². The van der Waals surface area contributed by atoms with Gasteiger partial charge in [-0.3, -0.25) is 4.79 Å². The number of nitrogen functional groups attached to an aromatic ring is 1. The van der Waals surface area contributed by atoms with Crippen molar-refractivity contribution in [3.8, 4) is 17.5 Å². The molecule has 1 heterocycles. The molecule has 0 atom stereocenters. The van der Waals surface area contributed by atoms with E-state index < -0.39 is 5.97 Å². The minimum absolute atomic E-state index is 0.00245. The highest BCUT2D eigenvalue weighted by molar-refractivity contribution is 5.98. The van der Waals surface area contributed by atoms with Crippen molar-refractivity contribution in [2.24, 2.45) is 5.92 Å². The van der Waals surface area contributed by atoms with Crippen molar-refractivity contribution < 1.29 is 19.1 Å². The number of esters is 1. The van der Waals surface area contributed by atoms with Gasteiger partial charge in [0.25, 0.3) is 0 Å². The number of anilines is 2. The van der Waals surface area contributed by atoms with Gasteiger partial charge in [-0.15, -0.1) is 0 Å². The lowest BCUT2D eigenvalue weighted by atomic mass is 10.2. The summed E-state index contributed by atoms with van der Waals surface area (Å²) >= 11 is 0. The van der Waals surface area contributed by atoms with Gasteiger partial charge in [0.1, 0.15) is 11.8 Å². The number of amides is 1. The summed E-state index contributed by atoms with van der Waals surface area (Å²) in [4.78, 5) is 24.3. The first-order chi connectivity index (χ1) is 12.3. The quantitative estimate of drug-likeness (QED) is 0.794. The predicted molar refractivity (Wildman–Crippen MR) is 96.3 cm³/mol. The Kier molecular flexibility index (Phi) is 5.52. The van der Waals surface area contributed by atoms with Gasteiger partial charge in [-0.25, -0.2) is 4.79 Å². The topological polar surface area (TPSA) is 119 Å². The van der Waals surface area contributed by atoms with E-state index in [9.17, 15) is 14.9 Å². The number of carbonyl (C=O) groups is 2. The van der Waals surface area contributed by atoms with Crippen molar-refractivity contribution in [1.82, 2.24) is 4.57 Å². The zero-order chi connectivity index (χ0) is 19.4.